The van der Waals surface area contributed by atoms with Crippen molar-refractivity contribution in [3.05, 3.63) is 54.4 Å². The average Bonchev–Trinajstić information content (AvgIpc) is 2.96. The maximum Gasteiger partial charge on any atom is 0.263 e. The van der Waals surface area contributed by atoms with Crippen molar-refractivity contribution in [2.24, 2.45) is 5.41 Å². The fourth-order valence-electron chi connectivity index (χ4n) is 2.60. The second-order valence-electron chi connectivity index (χ2n) is 7.17. The number of alkyl halides is 2. The number of Topliss-reactive ketones (excluding diaryl/α,β-unsaturated/α-hetero) is 1. The summed E-state index contributed by atoms with van der Waals surface area (Å²) in [6, 6.07) is 10.0. The molecule has 0 amide bonds. The van der Waals surface area contributed by atoms with Crippen LogP contribution < -0.4 is 0 Å². The highest BCUT2D eigenvalue weighted by Crippen LogP contribution is 2.28. The van der Waals surface area contributed by atoms with E-state index in [1.165, 1.54) is 12.1 Å². The minimum Gasteiger partial charge on any atom is -0.339 e. The Balaban J connectivity index is 2.01. The molecule has 0 bridgehead atoms. The third-order valence-electron chi connectivity index (χ3n) is 4.24. The Kier molecular flexibility index (Phi) is 4.41. The van der Waals surface area contributed by atoms with Gasteiger partial charge in [-0.25, -0.2) is 8.78 Å². The molecular formula is C20H20F2N2O. The van der Waals surface area contributed by atoms with E-state index in [0.29, 0.717) is 5.56 Å². The Bertz CT molecular complexity index is 923. The number of aromatic nitrogens is 2. The average molecular weight is 342 g/mol. The summed E-state index contributed by atoms with van der Waals surface area (Å²) in [7, 11) is 0. The third kappa shape index (κ3) is 3.60. The van der Waals surface area contributed by atoms with Gasteiger partial charge in [-0.1, -0.05) is 39.0 Å². The minimum atomic E-state index is -2.51. The van der Waals surface area contributed by atoms with Crippen molar-refractivity contribution in [3.8, 4) is 11.1 Å². The lowest BCUT2D eigenvalue weighted by molar-refractivity contribution is -0.126. The summed E-state index contributed by atoms with van der Waals surface area (Å²) in [6.07, 6.45) is 0.994. The van der Waals surface area contributed by atoms with Crippen molar-refractivity contribution < 1.29 is 13.6 Å². The molecular weight excluding hydrogens is 322 g/mol. The van der Waals surface area contributed by atoms with Crippen molar-refractivity contribution in [2.45, 2.75) is 33.7 Å². The molecule has 2 aromatic heterocycles. The molecule has 0 saturated carbocycles. The number of pyridine rings is 1. The van der Waals surface area contributed by atoms with Crippen LogP contribution in [0.5, 0.6) is 0 Å². The summed E-state index contributed by atoms with van der Waals surface area (Å²) >= 11 is 0. The van der Waals surface area contributed by atoms with Crippen LogP contribution in [0.4, 0.5) is 8.78 Å². The maximum absolute atomic E-state index is 12.9. The van der Waals surface area contributed by atoms with Gasteiger partial charge in [-0.2, -0.15) is 0 Å². The molecule has 0 aliphatic rings. The molecule has 0 aliphatic heterocycles. The first kappa shape index (κ1) is 17.3. The monoisotopic (exact) mass is 342 g/mol. The Labute approximate surface area is 145 Å². The predicted molar refractivity (Wildman–Crippen MR) is 94.6 cm³/mol. The van der Waals surface area contributed by atoms with E-state index in [2.05, 4.69) is 4.98 Å². The third-order valence-corrected chi connectivity index (χ3v) is 4.24. The van der Waals surface area contributed by atoms with E-state index < -0.39 is 11.8 Å². The summed E-state index contributed by atoms with van der Waals surface area (Å²) in [5.74, 6) is 0.120. The van der Waals surface area contributed by atoms with Crippen molar-refractivity contribution in [3.63, 3.8) is 0 Å². The molecule has 0 atom stereocenters. The van der Waals surface area contributed by atoms with Crippen LogP contribution in [0.15, 0.2) is 48.8 Å². The second-order valence-corrected chi connectivity index (χ2v) is 7.17. The van der Waals surface area contributed by atoms with E-state index >= 15 is 0 Å². The van der Waals surface area contributed by atoms with E-state index in [9.17, 15) is 13.6 Å². The van der Waals surface area contributed by atoms with E-state index in [4.69, 9.17) is 0 Å². The molecule has 0 aliphatic carbocycles. The summed E-state index contributed by atoms with van der Waals surface area (Å²) in [5.41, 5.74) is 2.58. The predicted octanol–water partition coefficient (Wildman–Crippen LogP) is 5.26. The molecule has 3 rings (SSSR count). The molecule has 0 N–H and O–H groups in total. The maximum atomic E-state index is 12.9. The first-order valence-corrected chi connectivity index (χ1v) is 8.12. The fourth-order valence-corrected chi connectivity index (χ4v) is 2.60. The summed E-state index contributed by atoms with van der Waals surface area (Å²) in [4.78, 5) is 16.7. The largest absolute Gasteiger partial charge is 0.339 e. The number of halogens is 2. The number of hydrogen-bond donors (Lipinski definition) is 0. The molecule has 0 saturated heterocycles. The van der Waals surface area contributed by atoms with Gasteiger partial charge in [-0.15, -0.1) is 0 Å². The zero-order valence-corrected chi connectivity index (χ0v) is 14.5. The number of carbonyl (C=O) groups excluding carboxylic acids is 1. The zero-order chi connectivity index (χ0) is 18.2. The standard InChI is InChI=1S/C20H20F2N2O/c1-20(2,3)18(25)12-24-8-7-16-17(24)10-15(11-23-16)13-5-4-6-14(9-13)19(21)22/h4-11,19H,12H2,1-3H3. The van der Waals surface area contributed by atoms with E-state index in [-0.39, 0.29) is 17.9 Å². The number of carbonyl (C=O) groups is 1. The van der Waals surface area contributed by atoms with Crippen molar-refractivity contribution >= 4 is 16.8 Å². The highest BCUT2D eigenvalue weighted by atomic mass is 19.3. The quantitative estimate of drug-likeness (QED) is 0.648. The number of benzene rings is 1. The van der Waals surface area contributed by atoms with Gasteiger partial charge < -0.3 is 4.57 Å². The smallest absolute Gasteiger partial charge is 0.263 e. The summed E-state index contributed by atoms with van der Waals surface area (Å²) in [6.45, 7) is 5.93. The summed E-state index contributed by atoms with van der Waals surface area (Å²) < 4.78 is 27.7. The topological polar surface area (TPSA) is 34.9 Å². The SMILES string of the molecule is CC(C)(C)C(=O)Cn1ccc2ncc(-c3cccc(C(F)F)c3)cc21. The first-order valence-electron chi connectivity index (χ1n) is 8.12. The molecule has 0 radical (unpaired) electrons. The van der Waals surface area contributed by atoms with Gasteiger partial charge in [0, 0.05) is 28.9 Å². The molecule has 5 heteroatoms. The highest BCUT2D eigenvalue weighted by Gasteiger charge is 2.22. The van der Waals surface area contributed by atoms with Crippen LogP contribution in [0, 0.1) is 5.41 Å². The Morgan fingerprint density at radius 3 is 2.60 bits per heavy atom. The van der Waals surface area contributed by atoms with Gasteiger partial charge >= 0.3 is 0 Å². The number of hydrogen-bond acceptors (Lipinski definition) is 2. The number of nitrogens with zero attached hydrogens (tertiary/aromatic N) is 2. The van der Waals surface area contributed by atoms with E-state index in [1.54, 1.807) is 18.3 Å². The Hall–Kier alpha value is -2.56. The first-order chi connectivity index (χ1) is 11.8. The van der Waals surface area contributed by atoms with Crippen molar-refractivity contribution in [1.82, 2.24) is 9.55 Å². The fraction of sp³-hybridized carbons (Fsp3) is 0.300. The van der Waals surface area contributed by atoms with E-state index in [1.807, 2.05) is 43.7 Å². The number of ketones is 1. The Morgan fingerprint density at radius 1 is 1.16 bits per heavy atom. The van der Waals surface area contributed by atoms with Gasteiger partial charge in [-0.05, 0) is 23.8 Å². The van der Waals surface area contributed by atoms with Gasteiger partial charge in [0.1, 0.15) is 0 Å². The summed E-state index contributed by atoms with van der Waals surface area (Å²) in [5, 5.41) is 0. The van der Waals surface area contributed by atoms with Crippen LogP contribution in [0.1, 0.15) is 32.8 Å². The van der Waals surface area contributed by atoms with Crippen LogP contribution in [-0.2, 0) is 11.3 Å². The van der Waals surface area contributed by atoms with Crippen molar-refractivity contribution in [2.75, 3.05) is 0 Å². The van der Waals surface area contributed by atoms with Crippen LogP contribution in [-0.4, -0.2) is 15.3 Å². The van der Waals surface area contributed by atoms with Gasteiger partial charge in [-0.3, -0.25) is 9.78 Å². The minimum absolute atomic E-state index is 0.0177. The molecule has 2 heterocycles. The normalized spacial score (nSPS) is 12.1. The second kappa shape index (κ2) is 6.39. The lowest BCUT2D eigenvalue weighted by atomic mass is 9.91. The van der Waals surface area contributed by atoms with E-state index in [0.717, 1.165) is 16.6 Å². The Morgan fingerprint density at radius 2 is 1.92 bits per heavy atom. The van der Waals surface area contributed by atoms with Crippen molar-refractivity contribution in [1.29, 1.82) is 0 Å². The lowest BCUT2D eigenvalue weighted by Gasteiger charge is -2.17. The van der Waals surface area contributed by atoms with Crippen LogP contribution in [0.3, 0.4) is 0 Å². The van der Waals surface area contributed by atoms with Gasteiger partial charge in [0.15, 0.2) is 5.78 Å². The van der Waals surface area contributed by atoms with Gasteiger partial charge in [0.2, 0.25) is 0 Å². The molecule has 25 heavy (non-hydrogen) atoms. The zero-order valence-electron chi connectivity index (χ0n) is 14.5. The number of fused-ring (bicyclic) bond motifs is 1. The van der Waals surface area contributed by atoms with Gasteiger partial charge in [0.25, 0.3) is 6.43 Å². The van der Waals surface area contributed by atoms with Gasteiger partial charge in [0.05, 0.1) is 17.6 Å². The molecule has 0 fully saturated rings. The molecule has 3 aromatic rings. The molecule has 3 nitrogen and oxygen atoms in total. The lowest BCUT2D eigenvalue weighted by Crippen LogP contribution is -2.24. The molecule has 0 unspecified atom stereocenters. The highest BCUT2D eigenvalue weighted by molar-refractivity contribution is 5.87. The molecule has 1 aromatic carbocycles. The van der Waals surface area contributed by atoms with Crippen LogP contribution >= 0.6 is 0 Å². The molecule has 130 valence electrons. The van der Waals surface area contributed by atoms with Crippen LogP contribution in [0.25, 0.3) is 22.2 Å². The molecule has 0 spiro atoms. The van der Waals surface area contributed by atoms with Crippen LogP contribution in [0.2, 0.25) is 0 Å². The number of rotatable bonds is 4.